The fourth-order valence-electron chi connectivity index (χ4n) is 3.10. The van der Waals surface area contributed by atoms with Gasteiger partial charge in [-0.15, -0.1) is 0 Å². The molecule has 19 heavy (non-hydrogen) atoms. The van der Waals surface area contributed by atoms with Crippen LogP contribution >= 0.6 is 22.6 Å². The molecule has 0 heterocycles. The second-order valence-electron chi connectivity index (χ2n) is 5.47. The highest BCUT2D eigenvalue weighted by molar-refractivity contribution is 14.1. The topological polar surface area (TPSA) is 26.0 Å². The van der Waals surface area contributed by atoms with Crippen LogP contribution in [0.4, 0.5) is 0 Å². The molecule has 2 heteroatoms. The molecule has 0 fully saturated rings. The molecule has 2 aromatic carbocycles. The van der Waals surface area contributed by atoms with Gasteiger partial charge in [-0.25, -0.2) is 0 Å². The maximum Gasteiger partial charge on any atom is 0.0453 e. The summed E-state index contributed by atoms with van der Waals surface area (Å²) in [5, 5.41) is 0. The van der Waals surface area contributed by atoms with Crippen LogP contribution in [0.2, 0.25) is 0 Å². The van der Waals surface area contributed by atoms with Crippen molar-refractivity contribution in [3.63, 3.8) is 0 Å². The Balaban J connectivity index is 1.93. The van der Waals surface area contributed by atoms with Crippen LogP contribution < -0.4 is 5.73 Å². The molecule has 0 radical (unpaired) electrons. The Morgan fingerprint density at radius 3 is 2.58 bits per heavy atom. The van der Waals surface area contributed by atoms with Crippen LogP contribution in [0.5, 0.6) is 0 Å². The van der Waals surface area contributed by atoms with Crippen LogP contribution in [0.15, 0.2) is 48.5 Å². The summed E-state index contributed by atoms with van der Waals surface area (Å²) < 4.78 is 1.27. The molecular weight excluding hydrogens is 345 g/mol. The van der Waals surface area contributed by atoms with Crippen molar-refractivity contribution >= 4 is 22.6 Å². The van der Waals surface area contributed by atoms with Crippen LogP contribution in [-0.2, 0) is 18.4 Å². The van der Waals surface area contributed by atoms with Crippen molar-refractivity contribution in [1.82, 2.24) is 0 Å². The molecule has 2 N–H and O–H groups in total. The van der Waals surface area contributed by atoms with E-state index in [1.807, 2.05) is 0 Å². The Morgan fingerprint density at radius 1 is 1.05 bits per heavy atom. The molecule has 0 amide bonds. The first-order valence-electron chi connectivity index (χ1n) is 6.79. The lowest BCUT2D eigenvalue weighted by Gasteiger charge is -2.36. The molecule has 1 atom stereocenters. The highest BCUT2D eigenvalue weighted by Gasteiger charge is 2.32. The highest BCUT2D eigenvalue weighted by Crippen LogP contribution is 2.35. The van der Waals surface area contributed by atoms with E-state index in [0.717, 1.165) is 12.8 Å². The third kappa shape index (κ3) is 2.70. The van der Waals surface area contributed by atoms with Crippen LogP contribution in [0.25, 0.3) is 0 Å². The lowest BCUT2D eigenvalue weighted by atomic mass is 9.74. The molecule has 0 saturated heterocycles. The molecule has 1 aliphatic carbocycles. The second kappa shape index (κ2) is 5.25. The van der Waals surface area contributed by atoms with Gasteiger partial charge in [0.1, 0.15) is 0 Å². The largest absolute Gasteiger partial charge is 0.321 e. The smallest absolute Gasteiger partial charge is 0.0453 e. The number of halogens is 1. The van der Waals surface area contributed by atoms with E-state index in [4.69, 9.17) is 5.73 Å². The minimum atomic E-state index is -0.193. The van der Waals surface area contributed by atoms with Crippen LogP contribution in [0.3, 0.4) is 0 Å². The average molecular weight is 363 g/mol. The lowest BCUT2D eigenvalue weighted by molar-refractivity contribution is 0.369. The zero-order chi connectivity index (χ0) is 13.3. The van der Waals surface area contributed by atoms with Crippen LogP contribution in [0, 0.1) is 3.57 Å². The molecule has 0 spiro atoms. The third-order valence-corrected chi connectivity index (χ3v) is 4.77. The molecule has 98 valence electrons. The standard InChI is InChI=1S/C17H18IN/c18-15-9-7-13(8-10-15)12-17(19)11-3-5-14-4-1-2-6-16(14)17/h1-2,4,6-10H,3,5,11-12,19H2. The molecule has 3 rings (SSSR count). The fourth-order valence-corrected chi connectivity index (χ4v) is 3.46. The van der Waals surface area contributed by atoms with Crippen molar-refractivity contribution in [3.8, 4) is 0 Å². The third-order valence-electron chi connectivity index (χ3n) is 4.06. The second-order valence-corrected chi connectivity index (χ2v) is 6.72. The molecule has 0 aromatic heterocycles. The van der Waals surface area contributed by atoms with E-state index >= 15 is 0 Å². The van der Waals surface area contributed by atoms with E-state index in [2.05, 4.69) is 71.1 Å². The first-order valence-corrected chi connectivity index (χ1v) is 7.87. The van der Waals surface area contributed by atoms with E-state index in [1.54, 1.807) is 0 Å². The van der Waals surface area contributed by atoms with E-state index in [0.29, 0.717) is 0 Å². The van der Waals surface area contributed by atoms with Gasteiger partial charge in [0.25, 0.3) is 0 Å². The number of rotatable bonds is 2. The summed E-state index contributed by atoms with van der Waals surface area (Å²) in [7, 11) is 0. The SMILES string of the molecule is NC1(Cc2ccc(I)cc2)CCCc2ccccc21. The zero-order valence-electron chi connectivity index (χ0n) is 10.9. The Hall–Kier alpha value is -0.870. The van der Waals surface area contributed by atoms with Gasteiger partial charge in [-0.05, 0) is 77.1 Å². The van der Waals surface area contributed by atoms with Gasteiger partial charge < -0.3 is 5.73 Å². The normalized spacial score (nSPS) is 22.0. The van der Waals surface area contributed by atoms with Crippen molar-refractivity contribution in [2.45, 2.75) is 31.2 Å². The summed E-state index contributed by atoms with van der Waals surface area (Å²) in [5.74, 6) is 0. The van der Waals surface area contributed by atoms with Crippen LogP contribution in [0.1, 0.15) is 29.5 Å². The van der Waals surface area contributed by atoms with Gasteiger partial charge in [-0.3, -0.25) is 0 Å². The van der Waals surface area contributed by atoms with Gasteiger partial charge in [0.15, 0.2) is 0 Å². The number of hydrogen-bond acceptors (Lipinski definition) is 1. The number of hydrogen-bond donors (Lipinski definition) is 1. The zero-order valence-corrected chi connectivity index (χ0v) is 13.1. The first kappa shape index (κ1) is 13.1. The van der Waals surface area contributed by atoms with E-state index in [-0.39, 0.29) is 5.54 Å². The Kier molecular flexibility index (Phi) is 3.63. The quantitative estimate of drug-likeness (QED) is 0.802. The molecule has 0 saturated carbocycles. The number of nitrogens with two attached hydrogens (primary N) is 1. The van der Waals surface area contributed by atoms with Crippen molar-refractivity contribution in [2.75, 3.05) is 0 Å². The monoisotopic (exact) mass is 363 g/mol. The molecule has 2 aromatic rings. The lowest BCUT2D eigenvalue weighted by Crippen LogP contribution is -2.42. The summed E-state index contributed by atoms with van der Waals surface area (Å²) in [4.78, 5) is 0. The van der Waals surface area contributed by atoms with Crippen molar-refractivity contribution in [3.05, 3.63) is 68.8 Å². The number of fused-ring (bicyclic) bond motifs is 1. The van der Waals surface area contributed by atoms with Crippen molar-refractivity contribution in [1.29, 1.82) is 0 Å². The van der Waals surface area contributed by atoms with Gasteiger partial charge >= 0.3 is 0 Å². The Bertz CT molecular complexity index is 576. The van der Waals surface area contributed by atoms with Gasteiger partial charge in [-0.2, -0.15) is 0 Å². The summed E-state index contributed by atoms with van der Waals surface area (Å²) in [6.07, 6.45) is 4.37. The summed E-state index contributed by atoms with van der Waals surface area (Å²) >= 11 is 2.34. The molecular formula is C17H18IN. The summed E-state index contributed by atoms with van der Waals surface area (Å²) in [5.41, 5.74) is 10.7. The number of aryl methyl sites for hydroxylation is 1. The minimum absolute atomic E-state index is 0.193. The molecule has 1 aliphatic rings. The summed E-state index contributed by atoms with van der Waals surface area (Å²) in [6.45, 7) is 0. The first-order chi connectivity index (χ1) is 9.17. The van der Waals surface area contributed by atoms with Crippen molar-refractivity contribution < 1.29 is 0 Å². The van der Waals surface area contributed by atoms with Gasteiger partial charge in [0.05, 0.1) is 0 Å². The Labute approximate surface area is 128 Å². The maximum atomic E-state index is 6.74. The molecule has 0 aliphatic heterocycles. The van der Waals surface area contributed by atoms with Gasteiger partial charge in [-0.1, -0.05) is 36.4 Å². The molecule has 1 unspecified atom stereocenters. The maximum absolute atomic E-state index is 6.74. The highest BCUT2D eigenvalue weighted by atomic mass is 127. The van der Waals surface area contributed by atoms with E-state index in [1.165, 1.54) is 33.1 Å². The predicted molar refractivity (Wildman–Crippen MR) is 88.1 cm³/mol. The summed E-state index contributed by atoms with van der Waals surface area (Å²) in [6, 6.07) is 17.4. The average Bonchev–Trinajstić information content (AvgIpc) is 2.42. The number of benzene rings is 2. The minimum Gasteiger partial charge on any atom is -0.321 e. The fraction of sp³-hybridized carbons (Fsp3) is 0.294. The molecule has 0 bridgehead atoms. The Morgan fingerprint density at radius 2 is 1.79 bits per heavy atom. The predicted octanol–water partition coefficient (Wildman–Crippen LogP) is 4.02. The van der Waals surface area contributed by atoms with E-state index < -0.39 is 0 Å². The van der Waals surface area contributed by atoms with Gasteiger partial charge in [0, 0.05) is 9.11 Å². The molecule has 1 nitrogen and oxygen atoms in total. The van der Waals surface area contributed by atoms with Crippen molar-refractivity contribution in [2.24, 2.45) is 5.73 Å². The van der Waals surface area contributed by atoms with E-state index in [9.17, 15) is 0 Å². The van der Waals surface area contributed by atoms with Crippen LogP contribution in [-0.4, -0.2) is 0 Å². The van der Waals surface area contributed by atoms with Gasteiger partial charge in [0.2, 0.25) is 0 Å².